The number of unbranched alkanes of at least 4 members (excludes halogenated alkanes) is 1. The van der Waals surface area contributed by atoms with Crippen LogP contribution in [0.2, 0.25) is 0 Å². The number of hydrazone groups is 1. The van der Waals surface area contributed by atoms with E-state index < -0.39 is 0 Å². The van der Waals surface area contributed by atoms with Crippen LogP contribution in [0.15, 0.2) is 5.10 Å². The van der Waals surface area contributed by atoms with Gasteiger partial charge in [0.15, 0.2) is 5.08 Å². The van der Waals surface area contributed by atoms with Crippen molar-refractivity contribution in [2.45, 2.75) is 45.6 Å². The van der Waals surface area contributed by atoms with Gasteiger partial charge >= 0.3 is 0 Å². The molecule has 3 nitrogen and oxygen atoms in total. The number of halogens is 1. The summed E-state index contributed by atoms with van der Waals surface area (Å²) in [6.07, 6.45) is 4.36. The number of alkyl halides is 1. The molecule has 0 saturated heterocycles. The van der Waals surface area contributed by atoms with Gasteiger partial charge < -0.3 is 4.90 Å². The van der Waals surface area contributed by atoms with Crippen LogP contribution in [-0.2, 0) is 0 Å². The van der Waals surface area contributed by atoms with Gasteiger partial charge in [-0.15, -0.1) is 0 Å². The molecular weight excluding hydrogens is 254 g/mol. The zero-order chi connectivity index (χ0) is 11.5. The average molecular weight is 276 g/mol. The van der Waals surface area contributed by atoms with Crippen LogP contribution < -0.4 is 0 Å². The maximum absolute atomic E-state index is 4.41. The van der Waals surface area contributed by atoms with E-state index in [1.807, 2.05) is 6.34 Å². The Labute approximate surface area is 102 Å². The van der Waals surface area contributed by atoms with Gasteiger partial charge in [0.1, 0.15) is 6.34 Å². The van der Waals surface area contributed by atoms with E-state index >= 15 is 0 Å². The van der Waals surface area contributed by atoms with E-state index in [-0.39, 0.29) is 5.08 Å². The maximum Gasteiger partial charge on any atom is 0.175 e. The van der Waals surface area contributed by atoms with Crippen LogP contribution in [0.3, 0.4) is 0 Å². The molecule has 0 aliphatic carbocycles. The first kappa shape index (κ1) is 12.8. The molecule has 0 aromatic carbocycles. The molecule has 0 saturated carbocycles. The lowest BCUT2D eigenvalue weighted by atomic mass is 9.96. The number of rotatable bonds is 4. The van der Waals surface area contributed by atoms with Crippen LogP contribution >= 0.6 is 15.9 Å². The monoisotopic (exact) mass is 275 g/mol. The SMILES string of the molecule is CCCCN1N=CN(CC(C)(C)C)C1Br. The lowest BCUT2D eigenvalue weighted by Gasteiger charge is -2.30. The fourth-order valence-electron chi connectivity index (χ4n) is 1.56. The fraction of sp³-hybridized carbons (Fsp3) is 0.909. The minimum absolute atomic E-state index is 0.239. The third-order valence-electron chi connectivity index (χ3n) is 2.27. The molecule has 4 heteroatoms. The number of hydrogen-bond donors (Lipinski definition) is 0. The van der Waals surface area contributed by atoms with E-state index in [1.165, 1.54) is 12.8 Å². The van der Waals surface area contributed by atoms with Gasteiger partial charge in [-0.2, -0.15) is 5.10 Å². The summed E-state index contributed by atoms with van der Waals surface area (Å²) in [5, 5.41) is 6.75. The average Bonchev–Trinajstić information content (AvgIpc) is 2.43. The molecule has 1 unspecified atom stereocenters. The Morgan fingerprint density at radius 3 is 2.60 bits per heavy atom. The highest BCUT2D eigenvalue weighted by Crippen LogP contribution is 2.23. The van der Waals surface area contributed by atoms with Crippen molar-refractivity contribution in [1.82, 2.24) is 9.91 Å². The van der Waals surface area contributed by atoms with E-state index in [0.717, 1.165) is 13.1 Å². The van der Waals surface area contributed by atoms with Crippen LogP contribution in [0, 0.1) is 5.41 Å². The molecule has 1 aliphatic heterocycles. The zero-order valence-corrected chi connectivity index (χ0v) is 11.8. The highest BCUT2D eigenvalue weighted by Gasteiger charge is 2.27. The third kappa shape index (κ3) is 4.01. The Bertz CT molecular complexity index is 222. The molecule has 0 bridgehead atoms. The predicted octanol–water partition coefficient (Wildman–Crippen LogP) is 3.07. The van der Waals surface area contributed by atoms with Crippen LogP contribution in [0.4, 0.5) is 0 Å². The summed E-state index contributed by atoms with van der Waals surface area (Å²) in [4.78, 5) is 2.25. The Hall–Kier alpha value is -0.250. The summed E-state index contributed by atoms with van der Waals surface area (Å²) in [6.45, 7) is 11.0. The van der Waals surface area contributed by atoms with E-state index in [0.29, 0.717) is 5.41 Å². The Morgan fingerprint density at radius 2 is 2.07 bits per heavy atom. The van der Waals surface area contributed by atoms with Crippen molar-refractivity contribution in [1.29, 1.82) is 0 Å². The van der Waals surface area contributed by atoms with Gasteiger partial charge in [0.05, 0.1) is 0 Å². The maximum atomic E-state index is 4.41. The largest absolute Gasteiger partial charge is 0.330 e. The number of nitrogens with zero attached hydrogens (tertiary/aromatic N) is 3. The van der Waals surface area contributed by atoms with Gasteiger partial charge in [-0.1, -0.05) is 34.1 Å². The highest BCUT2D eigenvalue weighted by atomic mass is 79.9. The summed E-state index contributed by atoms with van der Waals surface area (Å²) in [7, 11) is 0. The third-order valence-corrected chi connectivity index (χ3v) is 3.26. The normalized spacial score (nSPS) is 21.5. The summed E-state index contributed by atoms with van der Waals surface area (Å²) in [5.41, 5.74) is 0.304. The van der Waals surface area contributed by atoms with Crippen molar-refractivity contribution in [3.8, 4) is 0 Å². The van der Waals surface area contributed by atoms with Crippen molar-refractivity contribution in [3.05, 3.63) is 0 Å². The van der Waals surface area contributed by atoms with Crippen LogP contribution in [0.25, 0.3) is 0 Å². The van der Waals surface area contributed by atoms with Crippen molar-refractivity contribution in [3.63, 3.8) is 0 Å². The molecule has 0 N–H and O–H groups in total. The zero-order valence-electron chi connectivity index (χ0n) is 10.2. The molecule has 1 atom stereocenters. The first-order chi connectivity index (χ1) is 6.94. The molecule has 15 heavy (non-hydrogen) atoms. The van der Waals surface area contributed by atoms with E-state index in [2.05, 4.69) is 58.6 Å². The van der Waals surface area contributed by atoms with Gasteiger partial charge in [-0.05, 0) is 27.8 Å². The Kier molecular flexibility index (Phi) is 4.44. The lowest BCUT2D eigenvalue weighted by molar-refractivity contribution is 0.175. The molecule has 0 amide bonds. The summed E-state index contributed by atoms with van der Waals surface area (Å²) >= 11 is 3.68. The van der Waals surface area contributed by atoms with Gasteiger partial charge in [0.25, 0.3) is 0 Å². The summed E-state index contributed by atoms with van der Waals surface area (Å²) < 4.78 is 0. The molecule has 88 valence electrons. The molecule has 1 heterocycles. The van der Waals surface area contributed by atoms with Crippen LogP contribution in [-0.4, -0.2) is 34.4 Å². The second kappa shape index (κ2) is 5.19. The lowest BCUT2D eigenvalue weighted by Crippen LogP contribution is -2.39. The van der Waals surface area contributed by atoms with Gasteiger partial charge in [0.2, 0.25) is 0 Å². The second-order valence-electron chi connectivity index (χ2n) is 5.29. The highest BCUT2D eigenvalue weighted by molar-refractivity contribution is 9.09. The molecule has 0 aromatic rings. The topological polar surface area (TPSA) is 18.8 Å². The molecule has 1 rings (SSSR count). The fourth-order valence-corrected chi connectivity index (χ4v) is 2.12. The van der Waals surface area contributed by atoms with Crippen molar-refractivity contribution < 1.29 is 0 Å². The first-order valence-corrected chi connectivity index (χ1v) is 6.56. The quantitative estimate of drug-likeness (QED) is 0.580. The van der Waals surface area contributed by atoms with E-state index in [1.54, 1.807) is 0 Å². The summed E-state index contributed by atoms with van der Waals surface area (Å²) in [6, 6.07) is 0. The molecule has 1 aliphatic rings. The van der Waals surface area contributed by atoms with Crippen LogP contribution in [0.1, 0.15) is 40.5 Å². The second-order valence-corrected chi connectivity index (χ2v) is 6.11. The van der Waals surface area contributed by atoms with E-state index in [9.17, 15) is 0 Å². The van der Waals surface area contributed by atoms with Crippen molar-refractivity contribution in [2.24, 2.45) is 10.5 Å². The van der Waals surface area contributed by atoms with Crippen molar-refractivity contribution in [2.75, 3.05) is 13.1 Å². The van der Waals surface area contributed by atoms with Crippen molar-refractivity contribution >= 4 is 22.3 Å². The number of hydrogen-bond acceptors (Lipinski definition) is 3. The van der Waals surface area contributed by atoms with Crippen LogP contribution in [0.5, 0.6) is 0 Å². The van der Waals surface area contributed by atoms with Gasteiger partial charge in [-0.25, -0.2) is 0 Å². The molecule has 0 aromatic heterocycles. The molecular formula is C11H22BrN3. The van der Waals surface area contributed by atoms with Gasteiger partial charge in [0, 0.05) is 13.1 Å². The minimum atomic E-state index is 0.239. The minimum Gasteiger partial charge on any atom is -0.330 e. The summed E-state index contributed by atoms with van der Waals surface area (Å²) in [5.74, 6) is 0. The predicted molar refractivity (Wildman–Crippen MR) is 69.0 cm³/mol. The first-order valence-electron chi connectivity index (χ1n) is 5.64. The molecule has 0 radical (unpaired) electrons. The molecule has 0 fully saturated rings. The van der Waals surface area contributed by atoms with E-state index in [4.69, 9.17) is 0 Å². The smallest absolute Gasteiger partial charge is 0.175 e. The Balaban J connectivity index is 2.43. The molecule has 0 spiro atoms. The Morgan fingerprint density at radius 1 is 1.40 bits per heavy atom. The van der Waals surface area contributed by atoms with Gasteiger partial charge in [-0.3, -0.25) is 5.01 Å². The standard InChI is InChI=1S/C11H22BrN3/c1-5-6-7-15-10(12)14(9-13-15)8-11(2,3)4/h9-10H,5-8H2,1-4H3.